The van der Waals surface area contributed by atoms with Gasteiger partial charge < -0.3 is 14.8 Å². The van der Waals surface area contributed by atoms with E-state index in [-0.39, 0.29) is 22.9 Å². The average Bonchev–Trinajstić information content (AvgIpc) is 3.45. The number of halogens is 1. The Morgan fingerprint density at radius 2 is 1.63 bits per heavy atom. The van der Waals surface area contributed by atoms with Crippen molar-refractivity contribution in [3.05, 3.63) is 103 Å². The number of nitrogens with zero attached hydrogens (tertiary/aromatic N) is 4. The molecule has 0 bridgehead atoms. The van der Waals surface area contributed by atoms with Crippen LogP contribution < -0.4 is 25.0 Å². The van der Waals surface area contributed by atoms with Crippen molar-refractivity contribution >= 4 is 45.5 Å². The molecular weight excluding hydrogens is 507 g/mol. The maximum atomic E-state index is 14.7. The van der Waals surface area contributed by atoms with Crippen molar-refractivity contribution in [3.8, 4) is 17.2 Å². The first-order valence-electron chi connectivity index (χ1n) is 11.4. The summed E-state index contributed by atoms with van der Waals surface area (Å²) in [5, 5.41) is 7.62. The Morgan fingerprint density at radius 3 is 2.26 bits per heavy atom. The molecule has 0 spiro atoms. The van der Waals surface area contributed by atoms with Crippen LogP contribution in [0.2, 0.25) is 0 Å². The fourth-order valence-electron chi connectivity index (χ4n) is 3.59. The number of hydrogen-bond donors (Lipinski definition) is 2. The molecule has 2 amide bonds. The monoisotopic (exact) mass is 528 g/mol. The third-order valence-corrected chi connectivity index (χ3v) is 5.93. The molecule has 2 N–H and O–H groups in total. The van der Waals surface area contributed by atoms with Gasteiger partial charge in [-0.3, -0.25) is 10.2 Å². The van der Waals surface area contributed by atoms with Crippen LogP contribution in [0.3, 0.4) is 0 Å². The third-order valence-electron chi connectivity index (χ3n) is 5.24. The lowest BCUT2D eigenvalue weighted by molar-refractivity contribution is 0.262. The van der Waals surface area contributed by atoms with Crippen LogP contribution in [0.15, 0.2) is 96.8 Å². The normalized spacial score (nSPS) is 10.5. The smallest absolute Gasteiger partial charge is 0.325 e. The van der Waals surface area contributed by atoms with Gasteiger partial charge in [-0.15, -0.1) is 11.3 Å². The number of carbonyl (C=O) groups is 1. The zero-order valence-electron chi connectivity index (χ0n) is 20.0. The molecule has 0 saturated carbocycles. The van der Waals surface area contributed by atoms with E-state index in [1.807, 2.05) is 41.3 Å². The van der Waals surface area contributed by atoms with Crippen LogP contribution in [0.1, 0.15) is 0 Å². The van der Waals surface area contributed by atoms with Gasteiger partial charge in [-0.1, -0.05) is 18.2 Å². The van der Waals surface area contributed by atoms with Gasteiger partial charge in [0.1, 0.15) is 11.6 Å². The standard InChI is InChI=1S/C27H21FN6O3S/c1-36-22-8-6-7-19(28)25(22)37-21-12-11-18(17-20(21)32-26(35)33-27-31-15-16-38-27)34(23-9-2-4-13-29-23)24-10-3-5-14-30-24/h2-17H,1H3,(H2,31,32,33,35). The first-order chi connectivity index (χ1) is 18.6. The number of hydrogen-bond acceptors (Lipinski definition) is 8. The number of rotatable bonds is 8. The SMILES string of the molecule is COc1cccc(F)c1Oc1ccc(N(c2ccccn2)c2ccccn2)cc1NC(=O)Nc1nccs1. The summed E-state index contributed by atoms with van der Waals surface area (Å²) in [5.74, 6) is 0.875. The summed E-state index contributed by atoms with van der Waals surface area (Å²) in [6.45, 7) is 0. The lowest BCUT2D eigenvalue weighted by Crippen LogP contribution is -2.20. The Labute approximate surface area is 221 Å². The zero-order chi connectivity index (χ0) is 26.3. The fraction of sp³-hybridized carbons (Fsp3) is 0.0370. The minimum absolute atomic E-state index is 0.113. The quantitative estimate of drug-likeness (QED) is 0.224. The van der Waals surface area contributed by atoms with Crippen LogP contribution in [-0.2, 0) is 0 Å². The number of para-hydroxylation sites is 1. The van der Waals surface area contributed by atoms with Crippen LogP contribution >= 0.6 is 11.3 Å². The van der Waals surface area contributed by atoms with Crippen LogP contribution in [0.25, 0.3) is 0 Å². The van der Waals surface area contributed by atoms with E-state index in [9.17, 15) is 9.18 Å². The van der Waals surface area contributed by atoms with E-state index in [1.54, 1.807) is 48.2 Å². The van der Waals surface area contributed by atoms with E-state index in [0.717, 1.165) is 0 Å². The summed E-state index contributed by atoms with van der Waals surface area (Å²) in [7, 11) is 1.42. The van der Waals surface area contributed by atoms with Crippen molar-refractivity contribution < 1.29 is 18.7 Å². The summed E-state index contributed by atoms with van der Waals surface area (Å²) < 4.78 is 25.9. The molecule has 5 aromatic rings. The molecule has 0 aliphatic rings. The number of thiazole rings is 1. The van der Waals surface area contributed by atoms with Gasteiger partial charge in [-0.2, -0.15) is 0 Å². The number of urea groups is 1. The number of nitrogens with one attached hydrogen (secondary N) is 2. The highest BCUT2D eigenvalue weighted by Gasteiger charge is 2.20. The van der Waals surface area contributed by atoms with Gasteiger partial charge in [-0.05, 0) is 54.6 Å². The van der Waals surface area contributed by atoms with E-state index in [1.165, 1.54) is 30.6 Å². The molecule has 3 heterocycles. The molecule has 0 saturated heterocycles. The minimum Gasteiger partial charge on any atom is -0.493 e. The number of pyridine rings is 2. The van der Waals surface area contributed by atoms with Crippen LogP contribution in [0.4, 0.5) is 37.3 Å². The fourth-order valence-corrected chi connectivity index (χ4v) is 4.12. The van der Waals surface area contributed by atoms with E-state index in [0.29, 0.717) is 22.5 Å². The second-order valence-corrected chi connectivity index (χ2v) is 8.58. The highest BCUT2D eigenvalue weighted by Crippen LogP contribution is 2.41. The van der Waals surface area contributed by atoms with Gasteiger partial charge in [0.2, 0.25) is 5.75 Å². The Balaban J connectivity index is 1.57. The number of ether oxygens (including phenoxy) is 2. The Morgan fingerprint density at radius 1 is 0.868 bits per heavy atom. The number of carbonyl (C=O) groups excluding carboxylic acids is 1. The third kappa shape index (κ3) is 5.52. The lowest BCUT2D eigenvalue weighted by atomic mass is 10.2. The lowest BCUT2D eigenvalue weighted by Gasteiger charge is -2.24. The summed E-state index contributed by atoms with van der Waals surface area (Å²) in [6.07, 6.45) is 4.93. The first kappa shape index (κ1) is 24.7. The van der Waals surface area contributed by atoms with Gasteiger partial charge >= 0.3 is 6.03 Å². The van der Waals surface area contributed by atoms with E-state index in [2.05, 4.69) is 25.6 Å². The van der Waals surface area contributed by atoms with E-state index >= 15 is 0 Å². The number of amides is 2. The predicted molar refractivity (Wildman–Crippen MR) is 144 cm³/mol. The van der Waals surface area contributed by atoms with Crippen LogP contribution in [-0.4, -0.2) is 28.1 Å². The van der Waals surface area contributed by atoms with Crippen molar-refractivity contribution in [3.63, 3.8) is 0 Å². The molecular formula is C27H21FN6O3S. The Hall–Kier alpha value is -5.03. The van der Waals surface area contributed by atoms with Crippen LogP contribution in [0, 0.1) is 5.82 Å². The molecule has 0 radical (unpaired) electrons. The van der Waals surface area contributed by atoms with Gasteiger partial charge in [0, 0.05) is 24.0 Å². The summed E-state index contributed by atoms with van der Waals surface area (Å²) >= 11 is 1.27. The Bertz CT molecular complexity index is 1480. The highest BCUT2D eigenvalue weighted by atomic mass is 32.1. The molecule has 38 heavy (non-hydrogen) atoms. The van der Waals surface area contributed by atoms with E-state index in [4.69, 9.17) is 9.47 Å². The van der Waals surface area contributed by atoms with Crippen molar-refractivity contribution in [1.82, 2.24) is 15.0 Å². The minimum atomic E-state index is -0.616. The van der Waals surface area contributed by atoms with Gasteiger partial charge in [0.15, 0.2) is 22.4 Å². The topological polar surface area (TPSA) is 102 Å². The van der Waals surface area contributed by atoms with E-state index < -0.39 is 11.8 Å². The molecule has 0 aliphatic carbocycles. The van der Waals surface area contributed by atoms with Crippen molar-refractivity contribution in [1.29, 1.82) is 0 Å². The van der Waals surface area contributed by atoms with Crippen molar-refractivity contribution in [2.75, 3.05) is 22.6 Å². The van der Waals surface area contributed by atoms with Gasteiger partial charge in [0.25, 0.3) is 0 Å². The van der Waals surface area contributed by atoms with Gasteiger partial charge in [0.05, 0.1) is 18.5 Å². The molecule has 5 rings (SSSR count). The predicted octanol–water partition coefficient (Wildman–Crippen LogP) is 6.99. The molecule has 0 aliphatic heterocycles. The molecule has 0 unspecified atom stereocenters. The molecule has 3 aromatic heterocycles. The number of aromatic nitrogens is 3. The van der Waals surface area contributed by atoms with Crippen molar-refractivity contribution in [2.24, 2.45) is 0 Å². The summed E-state index contributed by atoms with van der Waals surface area (Å²) in [5.41, 5.74) is 0.888. The second-order valence-electron chi connectivity index (χ2n) is 7.68. The summed E-state index contributed by atoms with van der Waals surface area (Å²) in [4.78, 5) is 27.7. The highest BCUT2D eigenvalue weighted by molar-refractivity contribution is 7.13. The zero-order valence-corrected chi connectivity index (χ0v) is 20.9. The largest absolute Gasteiger partial charge is 0.493 e. The molecule has 11 heteroatoms. The molecule has 0 fully saturated rings. The maximum Gasteiger partial charge on any atom is 0.325 e. The van der Waals surface area contributed by atoms with Crippen molar-refractivity contribution in [2.45, 2.75) is 0 Å². The molecule has 190 valence electrons. The molecule has 0 atom stereocenters. The first-order valence-corrected chi connectivity index (χ1v) is 12.2. The Kier molecular flexibility index (Phi) is 7.37. The average molecular weight is 529 g/mol. The second kappa shape index (κ2) is 11.4. The maximum absolute atomic E-state index is 14.7. The molecule has 2 aromatic carbocycles. The number of benzene rings is 2. The number of anilines is 5. The van der Waals surface area contributed by atoms with Gasteiger partial charge in [-0.25, -0.2) is 24.1 Å². The molecule has 9 nitrogen and oxygen atoms in total. The van der Waals surface area contributed by atoms with Crippen LogP contribution in [0.5, 0.6) is 17.2 Å². The number of methoxy groups -OCH3 is 1. The summed E-state index contributed by atoms with van der Waals surface area (Å²) in [6, 6.07) is 19.9.